The summed E-state index contributed by atoms with van der Waals surface area (Å²) in [5, 5.41) is 7.80. The van der Waals surface area contributed by atoms with Gasteiger partial charge in [-0.25, -0.2) is 0 Å². The third-order valence-corrected chi connectivity index (χ3v) is 4.44. The van der Waals surface area contributed by atoms with E-state index in [-0.39, 0.29) is 0 Å². The van der Waals surface area contributed by atoms with Gasteiger partial charge in [-0.3, -0.25) is 0 Å². The van der Waals surface area contributed by atoms with Crippen LogP contribution in [0.3, 0.4) is 0 Å². The van der Waals surface area contributed by atoms with Crippen LogP contribution in [0.25, 0.3) is 16.5 Å². The summed E-state index contributed by atoms with van der Waals surface area (Å²) in [4.78, 5) is 2.70. The Morgan fingerprint density at radius 2 is 2.28 bits per heavy atom. The molecule has 1 nitrogen and oxygen atoms in total. The number of hydrogen-bond acceptors (Lipinski definition) is 3. The standard InChI is InChI=1S/C15H19NS2/c1-3-6-16-10-12(2)8-14-9-13(11-18-14)15-5-4-7-17-15/h4-5,7-9,11,16H,3,6,10H2,1-2H3. The van der Waals surface area contributed by atoms with Crippen molar-refractivity contribution in [2.75, 3.05) is 13.1 Å². The number of thiophene rings is 2. The summed E-state index contributed by atoms with van der Waals surface area (Å²) in [6.07, 6.45) is 3.47. The Bertz CT molecular complexity index is 494. The number of nitrogens with one attached hydrogen (secondary N) is 1. The van der Waals surface area contributed by atoms with Crippen LogP contribution in [0.15, 0.2) is 34.5 Å². The quantitative estimate of drug-likeness (QED) is 0.742. The average molecular weight is 277 g/mol. The van der Waals surface area contributed by atoms with Crippen LogP contribution in [0.2, 0.25) is 0 Å². The molecule has 1 N–H and O–H groups in total. The summed E-state index contributed by atoms with van der Waals surface area (Å²) >= 11 is 3.62. The van der Waals surface area contributed by atoms with Crippen molar-refractivity contribution in [1.29, 1.82) is 0 Å². The zero-order valence-corrected chi connectivity index (χ0v) is 12.5. The first kappa shape index (κ1) is 13.5. The van der Waals surface area contributed by atoms with E-state index in [1.54, 1.807) is 11.3 Å². The van der Waals surface area contributed by atoms with Gasteiger partial charge >= 0.3 is 0 Å². The number of rotatable bonds is 6. The summed E-state index contributed by atoms with van der Waals surface area (Å²) in [7, 11) is 0. The Kier molecular flexibility index (Phi) is 5.17. The van der Waals surface area contributed by atoms with E-state index in [1.807, 2.05) is 11.3 Å². The lowest BCUT2D eigenvalue weighted by Crippen LogP contribution is -2.16. The monoisotopic (exact) mass is 277 g/mol. The Hall–Kier alpha value is -0.900. The number of hydrogen-bond donors (Lipinski definition) is 1. The van der Waals surface area contributed by atoms with Gasteiger partial charge in [-0.1, -0.05) is 18.6 Å². The van der Waals surface area contributed by atoms with E-state index < -0.39 is 0 Å². The molecule has 2 heterocycles. The van der Waals surface area contributed by atoms with Crippen molar-refractivity contribution < 1.29 is 0 Å². The molecule has 0 bridgehead atoms. The van der Waals surface area contributed by atoms with E-state index in [0.29, 0.717) is 0 Å². The minimum atomic E-state index is 0.986. The van der Waals surface area contributed by atoms with Gasteiger partial charge in [-0.2, -0.15) is 0 Å². The van der Waals surface area contributed by atoms with Crippen molar-refractivity contribution in [2.45, 2.75) is 20.3 Å². The summed E-state index contributed by atoms with van der Waals surface area (Å²) < 4.78 is 0. The first-order valence-electron chi connectivity index (χ1n) is 6.30. The fourth-order valence-corrected chi connectivity index (χ4v) is 3.47. The molecule has 0 atom stereocenters. The largest absolute Gasteiger partial charge is 0.313 e. The summed E-state index contributed by atoms with van der Waals surface area (Å²) in [5.74, 6) is 0. The zero-order chi connectivity index (χ0) is 12.8. The first-order valence-corrected chi connectivity index (χ1v) is 8.06. The lowest BCUT2D eigenvalue weighted by Gasteiger charge is -2.02. The Balaban J connectivity index is 2.00. The molecule has 2 aromatic heterocycles. The highest BCUT2D eigenvalue weighted by Crippen LogP contribution is 2.30. The van der Waals surface area contributed by atoms with Crippen LogP contribution >= 0.6 is 22.7 Å². The molecule has 3 heteroatoms. The van der Waals surface area contributed by atoms with Gasteiger partial charge in [0, 0.05) is 21.9 Å². The van der Waals surface area contributed by atoms with Crippen LogP contribution in [0, 0.1) is 0 Å². The summed E-state index contributed by atoms with van der Waals surface area (Å²) in [5.41, 5.74) is 2.73. The van der Waals surface area contributed by atoms with Gasteiger partial charge in [0.15, 0.2) is 0 Å². The molecule has 0 saturated heterocycles. The van der Waals surface area contributed by atoms with E-state index in [4.69, 9.17) is 0 Å². The van der Waals surface area contributed by atoms with Crippen LogP contribution in [-0.2, 0) is 0 Å². The maximum atomic E-state index is 3.43. The van der Waals surface area contributed by atoms with Crippen molar-refractivity contribution in [3.8, 4) is 10.4 Å². The average Bonchev–Trinajstić information content (AvgIpc) is 2.98. The molecule has 0 aliphatic heterocycles. The summed E-state index contributed by atoms with van der Waals surface area (Å²) in [6.45, 7) is 6.46. The minimum Gasteiger partial charge on any atom is -0.313 e. The molecular formula is C15H19NS2. The normalized spacial score (nSPS) is 12.0. The SMILES string of the molecule is CCCNCC(C)=Cc1cc(-c2cccs2)cs1. The molecule has 0 spiro atoms. The van der Waals surface area contributed by atoms with Gasteiger partial charge in [0.2, 0.25) is 0 Å². The third-order valence-electron chi connectivity index (χ3n) is 2.64. The fourth-order valence-electron chi connectivity index (χ4n) is 1.76. The van der Waals surface area contributed by atoms with Crippen molar-refractivity contribution >= 4 is 28.7 Å². The molecule has 18 heavy (non-hydrogen) atoms. The molecule has 2 aromatic rings. The van der Waals surface area contributed by atoms with E-state index >= 15 is 0 Å². The summed E-state index contributed by atoms with van der Waals surface area (Å²) in [6, 6.07) is 6.56. The maximum Gasteiger partial charge on any atom is 0.0351 e. The smallest absolute Gasteiger partial charge is 0.0351 e. The highest BCUT2D eigenvalue weighted by molar-refractivity contribution is 7.15. The van der Waals surface area contributed by atoms with E-state index in [1.165, 1.54) is 27.3 Å². The van der Waals surface area contributed by atoms with Gasteiger partial charge in [0.05, 0.1) is 0 Å². The molecule has 0 aliphatic carbocycles. The molecule has 0 unspecified atom stereocenters. The van der Waals surface area contributed by atoms with Crippen molar-refractivity contribution in [3.05, 3.63) is 39.4 Å². The Morgan fingerprint density at radius 1 is 1.39 bits per heavy atom. The van der Waals surface area contributed by atoms with Crippen LogP contribution in [0.4, 0.5) is 0 Å². The zero-order valence-electron chi connectivity index (χ0n) is 10.9. The van der Waals surface area contributed by atoms with Crippen molar-refractivity contribution in [3.63, 3.8) is 0 Å². The minimum absolute atomic E-state index is 0.986. The lowest BCUT2D eigenvalue weighted by molar-refractivity contribution is 0.715. The molecule has 0 aliphatic rings. The molecule has 0 radical (unpaired) electrons. The topological polar surface area (TPSA) is 12.0 Å². The predicted octanol–water partition coefficient (Wildman–Crippen LogP) is 4.88. The van der Waals surface area contributed by atoms with E-state index in [2.05, 4.69) is 54.2 Å². The predicted molar refractivity (Wildman–Crippen MR) is 84.4 cm³/mol. The molecular weight excluding hydrogens is 258 g/mol. The van der Waals surface area contributed by atoms with Crippen LogP contribution < -0.4 is 5.32 Å². The van der Waals surface area contributed by atoms with Gasteiger partial charge in [-0.05, 0) is 48.9 Å². The van der Waals surface area contributed by atoms with Crippen LogP contribution in [0.1, 0.15) is 25.1 Å². The maximum absolute atomic E-state index is 3.43. The van der Waals surface area contributed by atoms with Crippen molar-refractivity contribution in [1.82, 2.24) is 5.32 Å². The fraction of sp³-hybridized carbons (Fsp3) is 0.333. The Labute approximate surface area is 117 Å². The molecule has 96 valence electrons. The van der Waals surface area contributed by atoms with E-state index in [9.17, 15) is 0 Å². The van der Waals surface area contributed by atoms with Gasteiger partial charge in [-0.15, -0.1) is 22.7 Å². The molecule has 0 saturated carbocycles. The Morgan fingerprint density at radius 3 is 3.00 bits per heavy atom. The first-order chi connectivity index (χ1) is 8.79. The third kappa shape index (κ3) is 3.80. The molecule has 0 amide bonds. The highest BCUT2D eigenvalue weighted by Gasteiger charge is 2.02. The lowest BCUT2D eigenvalue weighted by atomic mass is 10.2. The second-order valence-corrected chi connectivity index (χ2v) is 6.27. The van der Waals surface area contributed by atoms with Gasteiger partial charge < -0.3 is 5.32 Å². The molecule has 0 aromatic carbocycles. The second-order valence-electron chi connectivity index (χ2n) is 4.38. The van der Waals surface area contributed by atoms with Crippen LogP contribution in [-0.4, -0.2) is 13.1 Å². The van der Waals surface area contributed by atoms with Crippen LogP contribution in [0.5, 0.6) is 0 Å². The van der Waals surface area contributed by atoms with Crippen molar-refractivity contribution in [2.24, 2.45) is 0 Å². The highest BCUT2D eigenvalue weighted by atomic mass is 32.1. The second kappa shape index (κ2) is 6.88. The molecule has 0 fully saturated rings. The van der Waals surface area contributed by atoms with Gasteiger partial charge in [0.1, 0.15) is 0 Å². The molecule has 2 rings (SSSR count). The van der Waals surface area contributed by atoms with Gasteiger partial charge in [0.25, 0.3) is 0 Å². The van der Waals surface area contributed by atoms with E-state index in [0.717, 1.165) is 13.1 Å².